The lowest BCUT2D eigenvalue weighted by Crippen LogP contribution is -2.20. The van der Waals surface area contributed by atoms with Gasteiger partial charge in [0.25, 0.3) is 0 Å². The first-order chi connectivity index (χ1) is 4.35. The molecule has 0 saturated heterocycles. The molecule has 0 aromatic rings. The van der Waals surface area contributed by atoms with Gasteiger partial charge in [-0.2, -0.15) is 0 Å². The number of aliphatic hydroxyl groups excluding tert-OH is 1. The second-order valence-corrected chi connectivity index (χ2v) is 1.82. The molecule has 0 aliphatic rings. The minimum atomic E-state index is -0.382. The summed E-state index contributed by atoms with van der Waals surface area (Å²) in [4.78, 5) is 0. The average molecular weight is 152 g/mol. The van der Waals surface area contributed by atoms with Crippen molar-refractivity contribution in [3.8, 4) is 0 Å². The zero-order valence-corrected chi connectivity index (χ0v) is 6.01. The number of aliphatic hydroxyl groups is 1. The molecule has 9 heavy (non-hydrogen) atoms. The molecule has 5 heteroatoms. The van der Waals surface area contributed by atoms with Crippen molar-refractivity contribution in [1.82, 2.24) is 0 Å². The van der Waals surface area contributed by atoms with Gasteiger partial charge in [-0.1, -0.05) is 0 Å². The summed E-state index contributed by atoms with van der Waals surface area (Å²) in [5, 5.41) is 8.44. The zero-order chi connectivity index (χ0) is 7.11. The molecule has 1 atom stereocenters. The molecule has 0 radical (unpaired) electrons. The van der Waals surface area contributed by atoms with Gasteiger partial charge in [-0.3, -0.25) is 4.52 Å². The molecule has 0 aromatic heterocycles. The van der Waals surface area contributed by atoms with E-state index in [1.807, 2.05) is 0 Å². The number of hydrogen-bond acceptors (Lipinski definition) is 4. The van der Waals surface area contributed by atoms with Crippen molar-refractivity contribution < 1.29 is 18.9 Å². The van der Waals surface area contributed by atoms with Gasteiger partial charge in [0.1, 0.15) is 6.10 Å². The smallest absolute Gasteiger partial charge is 0.327 e. The van der Waals surface area contributed by atoms with Gasteiger partial charge in [0, 0.05) is 7.11 Å². The Bertz CT molecular complexity index is 73.0. The Kier molecular flexibility index (Phi) is 6.09. The maximum Gasteiger partial charge on any atom is 0.327 e. The van der Waals surface area contributed by atoms with E-state index in [1.54, 1.807) is 0 Å². The third-order valence-corrected chi connectivity index (χ3v) is 1.10. The Balaban J connectivity index is 3.19. The van der Waals surface area contributed by atoms with Gasteiger partial charge in [-0.15, -0.1) is 0 Å². The summed E-state index contributed by atoms with van der Waals surface area (Å²) in [5.41, 5.74) is 0. The van der Waals surface area contributed by atoms with Crippen molar-refractivity contribution in [3.63, 3.8) is 0 Å². The first-order valence-corrected chi connectivity index (χ1v) is 3.16. The molecule has 0 fully saturated rings. The highest BCUT2D eigenvalue weighted by Gasteiger charge is 2.03. The SMILES string of the molecule is COC(CO)COP=O. The fourth-order valence-electron chi connectivity index (χ4n) is 0.309. The molecule has 0 amide bonds. The van der Waals surface area contributed by atoms with Crippen molar-refractivity contribution in [2.75, 3.05) is 20.3 Å². The van der Waals surface area contributed by atoms with Crippen LogP contribution in [0, 0.1) is 0 Å². The maximum absolute atomic E-state index is 9.68. The first kappa shape index (κ1) is 8.98. The third kappa shape index (κ3) is 4.48. The molecule has 1 N–H and O–H groups in total. The van der Waals surface area contributed by atoms with Crippen LogP contribution in [-0.2, 0) is 13.8 Å². The standard InChI is InChI=1S/C4H9O4P/c1-7-4(2-5)3-8-9-6/h4-5H,2-3H2,1H3. The Morgan fingerprint density at radius 2 is 2.44 bits per heavy atom. The maximum atomic E-state index is 9.68. The van der Waals surface area contributed by atoms with E-state index in [4.69, 9.17) is 5.11 Å². The number of methoxy groups -OCH3 is 1. The third-order valence-electron chi connectivity index (χ3n) is 0.850. The number of rotatable bonds is 5. The van der Waals surface area contributed by atoms with Crippen LogP contribution in [-0.4, -0.2) is 31.5 Å². The molecule has 0 aliphatic heterocycles. The van der Waals surface area contributed by atoms with Gasteiger partial charge in [0.15, 0.2) is 0 Å². The summed E-state index contributed by atoms with van der Waals surface area (Å²) in [7, 11) is 1.07. The fraction of sp³-hybridized carbons (Fsp3) is 1.00. The van der Waals surface area contributed by atoms with Gasteiger partial charge in [0.2, 0.25) is 0 Å². The highest BCUT2D eigenvalue weighted by Crippen LogP contribution is 1.97. The molecule has 0 bridgehead atoms. The van der Waals surface area contributed by atoms with E-state index in [0.29, 0.717) is 0 Å². The lowest BCUT2D eigenvalue weighted by Gasteiger charge is -2.07. The fourth-order valence-corrected chi connectivity index (χ4v) is 0.536. The average Bonchev–Trinajstić information content (AvgIpc) is 1.91. The monoisotopic (exact) mass is 152 g/mol. The van der Waals surface area contributed by atoms with Crippen molar-refractivity contribution in [1.29, 1.82) is 0 Å². The Morgan fingerprint density at radius 3 is 2.78 bits per heavy atom. The number of hydrogen-bond donors (Lipinski definition) is 1. The Morgan fingerprint density at radius 1 is 1.78 bits per heavy atom. The lowest BCUT2D eigenvalue weighted by atomic mass is 10.4. The zero-order valence-electron chi connectivity index (χ0n) is 5.11. The van der Waals surface area contributed by atoms with E-state index in [0.717, 1.165) is 0 Å². The molecular formula is C4H9O4P. The van der Waals surface area contributed by atoms with Gasteiger partial charge in [0.05, 0.1) is 13.2 Å². The van der Waals surface area contributed by atoms with E-state index >= 15 is 0 Å². The van der Waals surface area contributed by atoms with Crippen LogP contribution in [0.4, 0.5) is 0 Å². The second kappa shape index (κ2) is 6.11. The van der Waals surface area contributed by atoms with E-state index in [2.05, 4.69) is 9.26 Å². The van der Waals surface area contributed by atoms with Gasteiger partial charge < -0.3 is 9.84 Å². The van der Waals surface area contributed by atoms with Gasteiger partial charge in [-0.05, 0) is 0 Å². The summed E-state index contributed by atoms with van der Waals surface area (Å²) >= 11 is 0. The highest BCUT2D eigenvalue weighted by atomic mass is 31.1. The largest absolute Gasteiger partial charge is 0.394 e. The van der Waals surface area contributed by atoms with Crippen LogP contribution in [0.1, 0.15) is 0 Å². The molecule has 0 aliphatic carbocycles. The lowest BCUT2D eigenvalue weighted by molar-refractivity contribution is 0.0195. The summed E-state index contributed by atoms with van der Waals surface area (Å²) < 4.78 is 18.8. The molecule has 54 valence electrons. The summed E-state index contributed by atoms with van der Waals surface area (Å²) in [5.74, 6) is 0. The van der Waals surface area contributed by atoms with Crippen LogP contribution in [0.3, 0.4) is 0 Å². The van der Waals surface area contributed by atoms with E-state index in [9.17, 15) is 4.57 Å². The van der Waals surface area contributed by atoms with Crippen LogP contribution in [0.15, 0.2) is 0 Å². The van der Waals surface area contributed by atoms with Crippen LogP contribution in [0.5, 0.6) is 0 Å². The normalized spacial score (nSPS) is 14.0. The van der Waals surface area contributed by atoms with Gasteiger partial charge in [-0.25, -0.2) is 4.57 Å². The molecule has 0 saturated carbocycles. The van der Waals surface area contributed by atoms with Gasteiger partial charge >= 0.3 is 8.69 Å². The predicted molar refractivity (Wildman–Crippen MR) is 31.4 cm³/mol. The summed E-state index contributed by atoms with van der Waals surface area (Å²) in [6.07, 6.45) is -0.369. The molecule has 0 spiro atoms. The van der Waals surface area contributed by atoms with Crippen molar-refractivity contribution in [3.05, 3.63) is 0 Å². The van der Waals surface area contributed by atoms with Crippen molar-refractivity contribution in [2.24, 2.45) is 0 Å². The highest BCUT2D eigenvalue weighted by molar-refractivity contribution is 7.17. The van der Waals surface area contributed by atoms with Crippen LogP contribution in [0.25, 0.3) is 0 Å². The molecule has 0 aromatic carbocycles. The summed E-state index contributed by atoms with van der Waals surface area (Å²) in [6, 6.07) is 0. The first-order valence-electron chi connectivity index (χ1n) is 2.43. The molecule has 0 heterocycles. The van der Waals surface area contributed by atoms with Crippen LogP contribution < -0.4 is 0 Å². The second-order valence-electron chi connectivity index (χ2n) is 1.41. The molecule has 4 nitrogen and oxygen atoms in total. The topological polar surface area (TPSA) is 55.8 Å². The predicted octanol–water partition coefficient (Wildman–Crippen LogP) is 0.217. The minimum Gasteiger partial charge on any atom is -0.394 e. The van der Waals surface area contributed by atoms with Crippen LogP contribution in [0.2, 0.25) is 0 Å². The van der Waals surface area contributed by atoms with Crippen molar-refractivity contribution in [2.45, 2.75) is 6.10 Å². The quantitative estimate of drug-likeness (QED) is 0.572. The summed E-state index contributed by atoms with van der Waals surface area (Å²) in [6.45, 7) is 0.0318. The van der Waals surface area contributed by atoms with E-state index in [1.165, 1.54) is 7.11 Å². The Hall–Kier alpha value is -0.0200. The van der Waals surface area contributed by atoms with E-state index in [-0.39, 0.29) is 28.0 Å². The van der Waals surface area contributed by atoms with Crippen molar-refractivity contribution >= 4 is 8.69 Å². The molecule has 1 unspecified atom stereocenters. The number of ether oxygens (including phenoxy) is 1. The minimum absolute atomic E-state index is 0.119. The molecule has 0 rings (SSSR count). The Labute approximate surface area is 55.1 Å². The van der Waals surface area contributed by atoms with Crippen LogP contribution >= 0.6 is 8.69 Å². The molecular weight excluding hydrogens is 143 g/mol. The van der Waals surface area contributed by atoms with E-state index < -0.39 is 0 Å².